The summed E-state index contributed by atoms with van der Waals surface area (Å²) in [4.78, 5) is 40.3. The zero-order valence-corrected chi connectivity index (χ0v) is 16.3. The van der Waals surface area contributed by atoms with Crippen LogP contribution in [-0.2, 0) is 9.59 Å². The summed E-state index contributed by atoms with van der Waals surface area (Å²) in [6.45, 7) is 6.61. The number of nitrogens with zero attached hydrogens (tertiary/aromatic N) is 3. The second-order valence-electron chi connectivity index (χ2n) is 7.04. The van der Waals surface area contributed by atoms with Crippen molar-refractivity contribution < 1.29 is 18.9 Å². The van der Waals surface area contributed by atoms with Crippen molar-refractivity contribution in [2.45, 2.75) is 26.8 Å². The van der Waals surface area contributed by atoms with Crippen molar-refractivity contribution in [3.05, 3.63) is 41.7 Å². The lowest BCUT2D eigenvalue weighted by atomic mass is 10.0. The van der Waals surface area contributed by atoms with Crippen molar-refractivity contribution in [1.29, 1.82) is 0 Å². The van der Waals surface area contributed by atoms with Gasteiger partial charge in [-0.05, 0) is 20.8 Å². The number of aromatic nitrogens is 1. The lowest BCUT2D eigenvalue weighted by Crippen LogP contribution is -2.54. The first-order chi connectivity index (χ1) is 13.4. The molecule has 3 amide bonds. The SMILES string of the molecule is Cc1onc(-c2ccccc2)c1C(=O)N1CCN(C(=O)C(=O)NC(C)C)CC1. The number of piperazine rings is 1. The van der Waals surface area contributed by atoms with Crippen molar-refractivity contribution in [2.75, 3.05) is 26.2 Å². The van der Waals surface area contributed by atoms with Crippen LogP contribution in [0, 0.1) is 6.92 Å². The molecule has 0 aliphatic carbocycles. The van der Waals surface area contributed by atoms with Crippen LogP contribution in [0.2, 0.25) is 0 Å². The first kappa shape index (κ1) is 19.6. The van der Waals surface area contributed by atoms with Crippen LogP contribution in [-0.4, -0.2) is 64.9 Å². The average molecular weight is 384 g/mol. The fourth-order valence-corrected chi connectivity index (χ4v) is 3.16. The van der Waals surface area contributed by atoms with Gasteiger partial charge in [0.15, 0.2) is 0 Å². The summed E-state index contributed by atoms with van der Waals surface area (Å²) in [5.74, 6) is -0.905. The molecule has 0 unspecified atom stereocenters. The molecule has 2 heterocycles. The maximum Gasteiger partial charge on any atom is 0.312 e. The smallest absolute Gasteiger partial charge is 0.312 e. The summed E-state index contributed by atoms with van der Waals surface area (Å²) in [6.07, 6.45) is 0. The van der Waals surface area contributed by atoms with Gasteiger partial charge in [-0.15, -0.1) is 0 Å². The fourth-order valence-electron chi connectivity index (χ4n) is 3.16. The van der Waals surface area contributed by atoms with Crippen molar-refractivity contribution >= 4 is 17.7 Å². The number of carbonyl (C=O) groups excluding carboxylic acids is 3. The predicted molar refractivity (Wildman–Crippen MR) is 102 cm³/mol. The molecule has 3 rings (SSSR count). The molecule has 28 heavy (non-hydrogen) atoms. The first-order valence-electron chi connectivity index (χ1n) is 9.29. The van der Waals surface area contributed by atoms with E-state index in [1.165, 1.54) is 4.90 Å². The van der Waals surface area contributed by atoms with E-state index in [4.69, 9.17) is 4.52 Å². The highest BCUT2D eigenvalue weighted by Crippen LogP contribution is 2.26. The quantitative estimate of drug-likeness (QED) is 0.809. The lowest BCUT2D eigenvalue weighted by molar-refractivity contribution is -0.147. The van der Waals surface area contributed by atoms with Gasteiger partial charge >= 0.3 is 11.8 Å². The summed E-state index contributed by atoms with van der Waals surface area (Å²) < 4.78 is 5.27. The Balaban J connectivity index is 1.69. The molecule has 0 saturated carbocycles. The van der Waals surface area contributed by atoms with Gasteiger partial charge in [0.1, 0.15) is 17.0 Å². The Morgan fingerprint density at radius 2 is 1.64 bits per heavy atom. The van der Waals surface area contributed by atoms with Crippen molar-refractivity contribution in [3.63, 3.8) is 0 Å². The molecule has 2 aromatic rings. The molecule has 1 aromatic carbocycles. The summed E-state index contributed by atoms with van der Waals surface area (Å²) in [5.41, 5.74) is 1.75. The van der Waals surface area contributed by atoms with E-state index in [1.54, 1.807) is 25.7 Å². The molecule has 148 valence electrons. The molecular formula is C20H24N4O4. The Kier molecular flexibility index (Phi) is 5.77. The molecule has 0 bridgehead atoms. The average Bonchev–Trinajstić information content (AvgIpc) is 3.08. The molecule has 1 fully saturated rings. The third kappa shape index (κ3) is 4.05. The maximum atomic E-state index is 13.1. The molecule has 1 aliphatic heterocycles. The van der Waals surface area contributed by atoms with Gasteiger partial charge in [-0.3, -0.25) is 14.4 Å². The molecule has 0 spiro atoms. The summed E-state index contributed by atoms with van der Waals surface area (Å²) in [7, 11) is 0. The topological polar surface area (TPSA) is 95.8 Å². The monoisotopic (exact) mass is 384 g/mol. The molecule has 1 aromatic heterocycles. The van der Waals surface area contributed by atoms with E-state index in [9.17, 15) is 14.4 Å². The van der Waals surface area contributed by atoms with Crippen LogP contribution in [0.15, 0.2) is 34.9 Å². The highest BCUT2D eigenvalue weighted by Gasteiger charge is 2.31. The highest BCUT2D eigenvalue weighted by atomic mass is 16.5. The van der Waals surface area contributed by atoms with Crippen LogP contribution < -0.4 is 5.32 Å². The van der Waals surface area contributed by atoms with E-state index >= 15 is 0 Å². The van der Waals surface area contributed by atoms with Gasteiger partial charge in [0.05, 0.1) is 0 Å². The van der Waals surface area contributed by atoms with E-state index in [2.05, 4.69) is 10.5 Å². The van der Waals surface area contributed by atoms with Gasteiger partial charge in [-0.25, -0.2) is 0 Å². The van der Waals surface area contributed by atoms with Gasteiger partial charge in [0.25, 0.3) is 5.91 Å². The van der Waals surface area contributed by atoms with Crippen LogP contribution in [0.3, 0.4) is 0 Å². The number of carbonyl (C=O) groups is 3. The van der Waals surface area contributed by atoms with Gasteiger partial charge in [-0.1, -0.05) is 35.5 Å². The van der Waals surface area contributed by atoms with E-state index in [-0.39, 0.29) is 11.9 Å². The second kappa shape index (κ2) is 8.24. The Bertz CT molecular complexity index is 868. The molecule has 8 nitrogen and oxygen atoms in total. The predicted octanol–water partition coefficient (Wildman–Crippen LogP) is 1.46. The zero-order valence-electron chi connectivity index (χ0n) is 16.3. The van der Waals surface area contributed by atoms with E-state index in [0.29, 0.717) is 43.2 Å². The van der Waals surface area contributed by atoms with Crippen molar-refractivity contribution in [3.8, 4) is 11.3 Å². The number of hydrogen-bond donors (Lipinski definition) is 1. The van der Waals surface area contributed by atoms with Crippen LogP contribution in [0.25, 0.3) is 11.3 Å². The summed E-state index contributed by atoms with van der Waals surface area (Å²) in [5, 5.41) is 6.65. The van der Waals surface area contributed by atoms with Crippen LogP contribution >= 0.6 is 0 Å². The van der Waals surface area contributed by atoms with Crippen molar-refractivity contribution in [2.24, 2.45) is 0 Å². The molecule has 1 N–H and O–H groups in total. The molecule has 1 aliphatic rings. The minimum atomic E-state index is -0.615. The van der Waals surface area contributed by atoms with E-state index < -0.39 is 11.8 Å². The lowest BCUT2D eigenvalue weighted by Gasteiger charge is -2.34. The number of amides is 3. The molecule has 1 saturated heterocycles. The zero-order chi connectivity index (χ0) is 20.3. The Morgan fingerprint density at radius 1 is 1.04 bits per heavy atom. The number of aryl methyl sites for hydroxylation is 1. The Morgan fingerprint density at radius 3 is 2.25 bits per heavy atom. The fraction of sp³-hybridized carbons (Fsp3) is 0.400. The van der Waals surface area contributed by atoms with Crippen LogP contribution in [0.4, 0.5) is 0 Å². The molecule has 0 radical (unpaired) electrons. The second-order valence-corrected chi connectivity index (χ2v) is 7.04. The molecular weight excluding hydrogens is 360 g/mol. The maximum absolute atomic E-state index is 13.1. The molecule has 0 atom stereocenters. The minimum Gasteiger partial charge on any atom is -0.360 e. The highest BCUT2D eigenvalue weighted by molar-refractivity contribution is 6.35. The minimum absolute atomic E-state index is 0.104. The third-order valence-corrected chi connectivity index (χ3v) is 4.59. The normalized spacial score (nSPS) is 14.3. The van der Waals surface area contributed by atoms with E-state index in [1.807, 2.05) is 30.3 Å². The van der Waals surface area contributed by atoms with E-state index in [0.717, 1.165) is 5.56 Å². The molecule has 8 heteroatoms. The van der Waals surface area contributed by atoms with Gasteiger partial charge in [0, 0.05) is 37.8 Å². The van der Waals surface area contributed by atoms with Gasteiger partial charge in [0.2, 0.25) is 0 Å². The Labute approximate surface area is 163 Å². The standard InChI is InChI=1S/C20H24N4O4/c1-13(2)21-18(25)20(27)24-11-9-23(10-12-24)19(26)16-14(3)28-22-17(16)15-7-5-4-6-8-15/h4-8,13H,9-12H2,1-3H3,(H,21,25). The summed E-state index contributed by atoms with van der Waals surface area (Å²) in [6, 6.07) is 9.28. The summed E-state index contributed by atoms with van der Waals surface area (Å²) >= 11 is 0. The largest absolute Gasteiger partial charge is 0.360 e. The van der Waals surface area contributed by atoms with Crippen LogP contribution in [0.1, 0.15) is 30.0 Å². The number of benzene rings is 1. The number of nitrogens with one attached hydrogen (secondary N) is 1. The van der Waals surface area contributed by atoms with Gasteiger partial charge in [-0.2, -0.15) is 0 Å². The van der Waals surface area contributed by atoms with Crippen LogP contribution in [0.5, 0.6) is 0 Å². The number of hydrogen-bond acceptors (Lipinski definition) is 5. The third-order valence-electron chi connectivity index (χ3n) is 4.59. The number of rotatable bonds is 3. The van der Waals surface area contributed by atoms with Crippen molar-refractivity contribution in [1.82, 2.24) is 20.3 Å². The Hall–Kier alpha value is -3.16. The van der Waals surface area contributed by atoms with Gasteiger partial charge < -0.3 is 19.6 Å². The first-order valence-corrected chi connectivity index (χ1v) is 9.29.